The molecule has 0 spiro atoms. The molecule has 1 atom stereocenters. The van der Waals surface area contributed by atoms with E-state index in [0.717, 1.165) is 5.75 Å². The Morgan fingerprint density at radius 3 is 2.25 bits per heavy atom. The lowest BCUT2D eigenvalue weighted by Gasteiger charge is -2.26. The topological polar surface area (TPSA) is 24.5 Å². The summed E-state index contributed by atoms with van der Waals surface area (Å²) in [6.45, 7) is 4.19. The van der Waals surface area contributed by atoms with Crippen molar-refractivity contribution in [2.45, 2.75) is 20.0 Å². The molecule has 0 amide bonds. The fraction of sp³-hybridized carbons (Fsp3) is 0.538. The summed E-state index contributed by atoms with van der Waals surface area (Å²) in [5.74, 6) is 0.954. The lowest BCUT2D eigenvalue weighted by atomic mass is 10.0. The first kappa shape index (κ1) is 13.0. The molecule has 90 valence electrons. The molecule has 0 radical (unpaired) electrons. The van der Waals surface area contributed by atoms with E-state index in [4.69, 9.17) is 4.74 Å². The smallest absolute Gasteiger partial charge is 0.122 e. The van der Waals surface area contributed by atoms with Gasteiger partial charge in [-0.15, -0.1) is 0 Å². The number of benzene rings is 1. The van der Waals surface area contributed by atoms with Crippen LogP contribution in [0.4, 0.5) is 0 Å². The van der Waals surface area contributed by atoms with Gasteiger partial charge in [-0.3, -0.25) is 4.90 Å². The maximum Gasteiger partial charge on any atom is 0.122 e. The minimum atomic E-state index is 0.240. The van der Waals surface area contributed by atoms with Gasteiger partial charge in [0.1, 0.15) is 5.75 Å². The first-order valence-electron chi connectivity index (χ1n) is 5.50. The molecule has 0 saturated carbocycles. The molecule has 0 aliphatic rings. The average molecular weight is 222 g/mol. The van der Waals surface area contributed by atoms with Crippen molar-refractivity contribution in [2.24, 2.45) is 0 Å². The van der Waals surface area contributed by atoms with Crippen LogP contribution < -0.4 is 10.1 Å². The maximum atomic E-state index is 5.32. The summed E-state index contributed by atoms with van der Waals surface area (Å²) in [5.41, 5.74) is 3.71. The van der Waals surface area contributed by atoms with Gasteiger partial charge in [-0.2, -0.15) is 0 Å². The zero-order chi connectivity index (χ0) is 12.3. The quantitative estimate of drug-likeness (QED) is 0.790. The summed E-state index contributed by atoms with van der Waals surface area (Å²) in [6, 6.07) is 4.29. The molecular formula is C13H22N2O. The Hall–Kier alpha value is -1.06. The van der Waals surface area contributed by atoms with Gasteiger partial charge in [0.2, 0.25) is 0 Å². The third-order valence-corrected chi connectivity index (χ3v) is 2.87. The van der Waals surface area contributed by atoms with Crippen molar-refractivity contribution < 1.29 is 4.74 Å². The fourth-order valence-corrected chi connectivity index (χ4v) is 2.02. The second-order valence-corrected chi connectivity index (χ2v) is 4.33. The zero-order valence-electron chi connectivity index (χ0n) is 11.1. The molecule has 1 N–H and O–H groups in total. The van der Waals surface area contributed by atoms with Gasteiger partial charge in [0.15, 0.2) is 0 Å². The Kier molecular flexibility index (Phi) is 4.33. The number of hydrogen-bond acceptors (Lipinski definition) is 3. The minimum Gasteiger partial charge on any atom is -0.496 e. The van der Waals surface area contributed by atoms with Gasteiger partial charge < -0.3 is 10.1 Å². The van der Waals surface area contributed by atoms with Crippen LogP contribution in [0.3, 0.4) is 0 Å². The molecule has 1 aromatic carbocycles. The molecule has 1 unspecified atom stereocenters. The Morgan fingerprint density at radius 1 is 1.19 bits per heavy atom. The van der Waals surface area contributed by atoms with Crippen LogP contribution in [-0.4, -0.2) is 33.2 Å². The van der Waals surface area contributed by atoms with E-state index >= 15 is 0 Å². The minimum absolute atomic E-state index is 0.240. The number of hydrogen-bond donors (Lipinski definition) is 1. The Labute approximate surface area is 98.4 Å². The van der Waals surface area contributed by atoms with E-state index in [1.54, 1.807) is 7.11 Å². The predicted octanol–water partition coefficient (Wildman–Crippen LogP) is 2.09. The van der Waals surface area contributed by atoms with Crippen LogP contribution in [0.1, 0.15) is 22.9 Å². The van der Waals surface area contributed by atoms with Crippen molar-refractivity contribution in [1.29, 1.82) is 0 Å². The van der Waals surface area contributed by atoms with Gasteiger partial charge in [-0.05, 0) is 63.8 Å². The first-order chi connectivity index (χ1) is 7.51. The summed E-state index contributed by atoms with van der Waals surface area (Å²) in [5, 5.41) is 3.31. The third-order valence-electron chi connectivity index (χ3n) is 2.87. The summed E-state index contributed by atoms with van der Waals surface area (Å²) >= 11 is 0. The van der Waals surface area contributed by atoms with Crippen molar-refractivity contribution in [3.05, 3.63) is 28.8 Å². The second kappa shape index (κ2) is 5.32. The highest BCUT2D eigenvalue weighted by Gasteiger charge is 2.15. The number of aryl methyl sites for hydroxylation is 2. The summed E-state index contributed by atoms with van der Waals surface area (Å²) in [6.07, 6.45) is 0.240. The molecule has 16 heavy (non-hydrogen) atoms. The van der Waals surface area contributed by atoms with E-state index in [0.29, 0.717) is 0 Å². The van der Waals surface area contributed by atoms with E-state index in [-0.39, 0.29) is 6.17 Å². The first-order valence-corrected chi connectivity index (χ1v) is 5.50. The highest BCUT2D eigenvalue weighted by Crippen LogP contribution is 2.27. The second-order valence-electron chi connectivity index (χ2n) is 4.33. The number of rotatable bonds is 4. The molecule has 0 aromatic heterocycles. The van der Waals surface area contributed by atoms with Crippen molar-refractivity contribution >= 4 is 0 Å². The maximum absolute atomic E-state index is 5.32. The van der Waals surface area contributed by atoms with Crippen LogP contribution in [0, 0.1) is 13.8 Å². The highest BCUT2D eigenvalue weighted by atomic mass is 16.5. The number of nitrogens with one attached hydrogen (secondary N) is 1. The van der Waals surface area contributed by atoms with Gasteiger partial charge in [-0.25, -0.2) is 0 Å². The third kappa shape index (κ3) is 2.54. The van der Waals surface area contributed by atoms with E-state index < -0.39 is 0 Å². The number of methoxy groups -OCH3 is 1. The predicted molar refractivity (Wildman–Crippen MR) is 68.0 cm³/mol. The van der Waals surface area contributed by atoms with Gasteiger partial charge >= 0.3 is 0 Å². The lowest BCUT2D eigenvalue weighted by Crippen LogP contribution is -2.31. The fourth-order valence-electron chi connectivity index (χ4n) is 2.02. The van der Waals surface area contributed by atoms with Crippen LogP contribution >= 0.6 is 0 Å². The SMILES string of the molecule is CNC(c1cc(C)c(OC)cc1C)N(C)C. The van der Waals surface area contributed by atoms with Crippen LogP contribution in [0.5, 0.6) is 5.75 Å². The van der Waals surface area contributed by atoms with Crippen molar-refractivity contribution in [3.63, 3.8) is 0 Å². The summed E-state index contributed by atoms with van der Waals surface area (Å²) in [7, 11) is 7.83. The van der Waals surface area contributed by atoms with Crippen molar-refractivity contribution in [2.75, 3.05) is 28.3 Å². The standard InChI is InChI=1S/C13H22N2O/c1-9-8-12(16-6)10(2)7-11(9)13(14-3)15(4)5/h7-8,13-14H,1-6H3. The normalized spacial score (nSPS) is 12.9. The Balaban J connectivity index is 3.18. The average Bonchev–Trinajstić information content (AvgIpc) is 2.23. The van der Waals surface area contributed by atoms with Gasteiger partial charge in [0.05, 0.1) is 13.3 Å². The number of ether oxygens (including phenoxy) is 1. The van der Waals surface area contributed by atoms with Gasteiger partial charge in [0, 0.05) is 0 Å². The molecule has 3 nitrogen and oxygen atoms in total. The van der Waals surface area contributed by atoms with Crippen molar-refractivity contribution in [3.8, 4) is 5.75 Å². The van der Waals surface area contributed by atoms with Crippen LogP contribution in [0.15, 0.2) is 12.1 Å². The summed E-state index contributed by atoms with van der Waals surface area (Å²) < 4.78 is 5.32. The van der Waals surface area contributed by atoms with Gasteiger partial charge in [-0.1, -0.05) is 0 Å². The molecule has 0 heterocycles. The molecule has 0 bridgehead atoms. The van der Waals surface area contributed by atoms with E-state index in [1.165, 1.54) is 16.7 Å². The van der Waals surface area contributed by atoms with Crippen LogP contribution in [0.2, 0.25) is 0 Å². The van der Waals surface area contributed by atoms with Gasteiger partial charge in [0.25, 0.3) is 0 Å². The summed E-state index contributed by atoms with van der Waals surface area (Å²) in [4.78, 5) is 2.16. The Morgan fingerprint density at radius 2 is 1.81 bits per heavy atom. The molecule has 0 fully saturated rings. The van der Waals surface area contributed by atoms with E-state index in [9.17, 15) is 0 Å². The van der Waals surface area contributed by atoms with E-state index in [1.807, 2.05) is 7.05 Å². The van der Waals surface area contributed by atoms with Crippen LogP contribution in [0.25, 0.3) is 0 Å². The molecule has 0 saturated heterocycles. The van der Waals surface area contributed by atoms with Crippen LogP contribution in [-0.2, 0) is 0 Å². The largest absolute Gasteiger partial charge is 0.496 e. The van der Waals surface area contributed by atoms with E-state index in [2.05, 4.69) is 50.3 Å². The molecular weight excluding hydrogens is 200 g/mol. The zero-order valence-corrected chi connectivity index (χ0v) is 11.1. The number of nitrogens with zero attached hydrogens (tertiary/aromatic N) is 1. The molecule has 1 rings (SSSR count). The molecule has 0 aliphatic heterocycles. The Bertz CT molecular complexity index is 361. The molecule has 1 aromatic rings. The lowest BCUT2D eigenvalue weighted by molar-refractivity contribution is 0.263. The highest BCUT2D eigenvalue weighted by molar-refractivity contribution is 5.42. The molecule has 0 aliphatic carbocycles. The monoisotopic (exact) mass is 222 g/mol. The molecule has 3 heteroatoms. The van der Waals surface area contributed by atoms with Crippen molar-refractivity contribution in [1.82, 2.24) is 10.2 Å².